The standard InChI is InChI=1S/C18H22N2O3/c1-13-5-6-14(22-13)12-20-10-11-21-18-15(20)7-8-16(18)23-17-4-2-3-9-19-17/h2-6,9,15-16,18H,7-8,10-12H2,1H3/t15-,16+,18+/m1/s1. The van der Waals surface area contributed by atoms with Crippen LogP contribution in [0.3, 0.4) is 0 Å². The van der Waals surface area contributed by atoms with E-state index in [0.29, 0.717) is 11.9 Å². The highest BCUT2D eigenvalue weighted by Crippen LogP contribution is 2.33. The van der Waals surface area contributed by atoms with Crippen molar-refractivity contribution in [2.24, 2.45) is 0 Å². The molecule has 5 heteroatoms. The third kappa shape index (κ3) is 3.12. The van der Waals surface area contributed by atoms with Crippen LogP contribution in [0.25, 0.3) is 0 Å². The average Bonchev–Trinajstić information content (AvgIpc) is 3.16. The number of aromatic nitrogens is 1. The lowest BCUT2D eigenvalue weighted by molar-refractivity contribution is -0.0935. The molecular weight excluding hydrogens is 292 g/mol. The second kappa shape index (κ2) is 6.34. The maximum Gasteiger partial charge on any atom is 0.213 e. The molecule has 23 heavy (non-hydrogen) atoms. The van der Waals surface area contributed by atoms with Crippen LogP contribution in [0.1, 0.15) is 24.4 Å². The van der Waals surface area contributed by atoms with Gasteiger partial charge in [0.25, 0.3) is 0 Å². The van der Waals surface area contributed by atoms with E-state index in [0.717, 1.165) is 44.1 Å². The lowest BCUT2D eigenvalue weighted by Crippen LogP contribution is -2.51. The summed E-state index contributed by atoms with van der Waals surface area (Å²) in [6.45, 7) is 4.51. The number of morpholine rings is 1. The Morgan fingerprint density at radius 3 is 3.00 bits per heavy atom. The summed E-state index contributed by atoms with van der Waals surface area (Å²) in [5.74, 6) is 2.67. The predicted molar refractivity (Wildman–Crippen MR) is 85.3 cm³/mol. The van der Waals surface area contributed by atoms with Gasteiger partial charge in [-0.25, -0.2) is 4.98 Å². The molecule has 122 valence electrons. The lowest BCUT2D eigenvalue weighted by Gasteiger charge is -2.38. The van der Waals surface area contributed by atoms with Crippen molar-refractivity contribution in [1.29, 1.82) is 0 Å². The summed E-state index contributed by atoms with van der Waals surface area (Å²) in [5, 5.41) is 0. The highest BCUT2D eigenvalue weighted by atomic mass is 16.5. The van der Waals surface area contributed by atoms with Crippen LogP contribution in [0.2, 0.25) is 0 Å². The Hall–Kier alpha value is -1.85. The lowest BCUT2D eigenvalue weighted by atomic mass is 10.1. The Morgan fingerprint density at radius 2 is 2.22 bits per heavy atom. The molecule has 1 aliphatic carbocycles. The van der Waals surface area contributed by atoms with Crippen molar-refractivity contribution in [3.05, 3.63) is 48.0 Å². The second-order valence-electron chi connectivity index (χ2n) is 6.29. The van der Waals surface area contributed by atoms with Crippen molar-refractivity contribution in [2.45, 2.75) is 44.6 Å². The first-order chi connectivity index (χ1) is 11.3. The maximum atomic E-state index is 6.06. The van der Waals surface area contributed by atoms with Crippen LogP contribution in [0, 0.1) is 6.92 Å². The monoisotopic (exact) mass is 314 g/mol. The van der Waals surface area contributed by atoms with Crippen molar-refractivity contribution in [1.82, 2.24) is 9.88 Å². The molecule has 2 aliphatic rings. The van der Waals surface area contributed by atoms with E-state index in [9.17, 15) is 0 Å². The Labute approximate surface area is 136 Å². The first-order valence-electron chi connectivity index (χ1n) is 8.28. The number of hydrogen-bond acceptors (Lipinski definition) is 5. The maximum absolute atomic E-state index is 6.06. The van der Waals surface area contributed by atoms with Crippen LogP contribution in [0.15, 0.2) is 40.9 Å². The van der Waals surface area contributed by atoms with Gasteiger partial charge >= 0.3 is 0 Å². The molecule has 1 aliphatic heterocycles. The molecular formula is C18H22N2O3. The van der Waals surface area contributed by atoms with E-state index in [2.05, 4.69) is 16.0 Å². The van der Waals surface area contributed by atoms with Crippen molar-refractivity contribution < 1.29 is 13.9 Å². The molecule has 4 rings (SSSR count). The van der Waals surface area contributed by atoms with Gasteiger partial charge in [-0.3, -0.25) is 4.90 Å². The van der Waals surface area contributed by atoms with Crippen LogP contribution in [0.5, 0.6) is 5.88 Å². The molecule has 2 aromatic rings. The number of pyridine rings is 1. The zero-order valence-corrected chi connectivity index (χ0v) is 13.4. The molecule has 1 saturated carbocycles. The van der Waals surface area contributed by atoms with Gasteiger partial charge in [0.05, 0.1) is 13.2 Å². The van der Waals surface area contributed by atoms with Crippen molar-refractivity contribution >= 4 is 0 Å². The normalized spacial score (nSPS) is 27.8. The van der Waals surface area contributed by atoms with E-state index in [1.54, 1.807) is 6.20 Å². The topological polar surface area (TPSA) is 47.7 Å². The van der Waals surface area contributed by atoms with Gasteiger partial charge in [-0.2, -0.15) is 0 Å². The first-order valence-corrected chi connectivity index (χ1v) is 8.28. The largest absolute Gasteiger partial charge is 0.472 e. The summed E-state index contributed by atoms with van der Waals surface area (Å²) in [6, 6.07) is 10.2. The molecule has 0 spiro atoms. The van der Waals surface area contributed by atoms with Crippen LogP contribution >= 0.6 is 0 Å². The van der Waals surface area contributed by atoms with E-state index < -0.39 is 0 Å². The molecule has 0 amide bonds. The van der Waals surface area contributed by atoms with Gasteiger partial charge in [0.2, 0.25) is 5.88 Å². The number of hydrogen-bond donors (Lipinski definition) is 0. The molecule has 0 unspecified atom stereocenters. The fourth-order valence-electron chi connectivity index (χ4n) is 3.66. The third-order valence-electron chi connectivity index (χ3n) is 4.72. The smallest absolute Gasteiger partial charge is 0.213 e. The number of ether oxygens (including phenoxy) is 2. The summed E-state index contributed by atoms with van der Waals surface area (Å²) in [6.07, 6.45) is 4.04. The summed E-state index contributed by atoms with van der Waals surface area (Å²) in [5.41, 5.74) is 0. The van der Waals surface area contributed by atoms with Crippen LogP contribution in [-0.4, -0.2) is 41.3 Å². The van der Waals surface area contributed by atoms with Gasteiger partial charge < -0.3 is 13.9 Å². The summed E-state index contributed by atoms with van der Waals surface area (Å²) in [4.78, 5) is 6.73. The van der Waals surface area contributed by atoms with Crippen LogP contribution in [0.4, 0.5) is 0 Å². The molecule has 0 N–H and O–H groups in total. The number of furan rings is 1. The average molecular weight is 314 g/mol. The van der Waals surface area contributed by atoms with E-state index in [4.69, 9.17) is 13.9 Å². The molecule has 3 atom stereocenters. The predicted octanol–water partition coefficient (Wildman–Crippen LogP) is 2.79. The molecule has 0 radical (unpaired) electrons. The number of aryl methyl sites for hydroxylation is 1. The summed E-state index contributed by atoms with van der Waals surface area (Å²) < 4.78 is 17.8. The Bertz CT molecular complexity index is 643. The van der Waals surface area contributed by atoms with Crippen molar-refractivity contribution in [2.75, 3.05) is 13.2 Å². The van der Waals surface area contributed by atoms with E-state index in [-0.39, 0.29) is 12.2 Å². The minimum absolute atomic E-state index is 0.0797. The molecule has 5 nitrogen and oxygen atoms in total. The third-order valence-corrected chi connectivity index (χ3v) is 4.72. The van der Waals surface area contributed by atoms with Crippen molar-refractivity contribution in [3.8, 4) is 5.88 Å². The molecule has 2 aromatic heterocycles. The molecule has 3 heterocycles. The zero-order chi connectivity index (χ0) is 15.6. The van der Waals surface area contributed by atoms with Gasteiger partial charge in [-0.1, -0.05) is 6.07 Å². The van der Waals surface area contributed by atoms with E-state index >= 15 is 0 Å². The molecule has 2 fully saturated rings. The summed E-state index contributed by atoms with van der Waals surface area (Å²) >= 11 is 0. The van der Waals surface area contributed by atoms with Crippen LogP contribution in [-0.2, 0) is 11.3 Å². The summed E-state index contributed by atoms with van der Waals surface area (Å²) in [7, 11) is 0. The SMILES string of the molecule is Cc1ccc(CN2CCO[C@@H]3[C@@H](Oc4ccccn4)CC[C@H]32)o1. The minimum atomic E-state index is 0.0797. The van der Waals surface area contributed by atoms with Crippen LogP contribution < -0.4 is 4.74 Å². The van der Waals surface area contributed by atoms with E-state index in [1.165, 1.54) is 0 Å². The minimum Gasteiger partial charge on any atom is -0.472 e. The van der Waals surface area contributed by atoms with E-state index in [1.807, 2.05) is 31.2 Å². The number of rotatable bonds is 4. The Balaban J connectivity index is 1.43. The van der Waals surface area contributed by atoms with Gasteiger partial charge in [-0.15, -0.1) is 0 Å². The Kier molecular flexibility index (Phi) is 4.06. The van der Waals surface area contributed by atoms with Crippen molar-refractivity contribution in [3.63, 3.8) is 0 Å². The number of fused-ring (bicyclic) bond motifs is 1. The molecule has 1 saturated heterocycles. The van der Waals surface area contributed by atoms with Gasteiger partial charge in [0, 0.05) is 24.8 Å². The Morgan fingerprint density at radius 1 is 1.26 bits per heavy atom. The second-order valence-corrected chi connectivity index (χ2v) is 6.29. The fraction of sp³-hybridized carbons (Fsp3) is 0.500. The molecule has 0 aromatic carbocycles. The zero-order valence-electron chi connectivity index (χ0n) is 13.4. The highest BCUT2D eigenvalue weighted by molar-refractivity contribution is 5.12. The first kappa shape index (κ1) is 14.7. The fourth-order valence-corrected chi connectivity index (χ4v) is 3.66. The van der Waals surface area contributed by atoms with Gasteiger partial charge in [0.1, 0.15) is 23.7 Å². The van der Waals surface area contributed by atoms with Gasteiger partial charge in [0.15, 0.2) is 0 Å². The molecule has 0 bridgehead atoms. The number of nitrogens with zero attached hydrogens (tertiary/aromatic N) is 2. The quantitative estimate of drug-likeness (QED) is 0.868. The highest BCUT2D eigenvalue weighted by Gasteiger charge is 2.44. The van der Waals surface area contributed by atoms with Gasteiger partial charge in [-0.05, 0) is 38.0 Å².